The Morgan fingerprint density at radius 1 is 1.03 bits per heavy atom. The monoisotopic (exact) mass is 498 g/mol. The number of amides is 1. The van der Waals surface area contributed by atoms with Crippen molar-refractivity contribution in [3.8, 4) is 5.75 Å². The SMILES string of the molecule is C=Nc1ccc(NC(=O)CCCC(C)CCCc2ccccc2)nc1N=C(C)c1ccccc1OCC. The molecule has 0 spiro atoms. The molecule has 37 heavy (non-hydrogen) atoms. The fourth-order valence-corrected chi connectivity index (χ4v) is 4.24. The lowest BCUT2D eigenvalue weighted by atomic mass is 9.96. The summed E-state index contributed by atoms with van der Waals surface area (Å²) in [7, 11) is 0. The third-order valence-electron chi connectivity index (χ3n) is 6.25. The number of nitrogens with zero attached hydrogens (tertiary/aromatic N) is 3. The van der Waals surface area contributed by atoms with Gasteiger partial charge in [0.15, 0.2) is 5.82 Å². The number of hydrogen-bond acceptors (Lipinski definition) is 5. The van der Waals surface area contributed by atoms with Gasteiger partial charge >= 0.3 is 0 Å². The molecule has 6 nitrogen and oxygen atoms in total. The van der Waals surface area contributed by atoms with Gasteiger partial charge in [-0.05, 0) is 75.6 Å². The van der Waals surface area contributed by atoms with Crippen LogP contribution in [-0.2, 0) is 11.2 Å². The summed E-state index contributed by atoms with van der Waals surface area (Å²) < 4.78 is 5.73. The van der Waals surface area contributed by atoms with Gasteiger partial charge in [-0.3, -0.25) is 9.79 Å². The number of benzene rings is 2. The first-order valence-corrected chi connectivity index (χ1v) is 13.1. The van der Waals surface area contributed by atoms with Crippen LogP contribution in [0.1, 0.15) is 64.0 Å². The number of aryl methyl sites for hydroxylation is 1. The van der Waals surface area contributed by atoms with Gasteiger partial charge in [0.25, 0.3) is 0 Å². The summed E-state index contributed by atoms with van der Waals surface area (Å²) in [5, 5.41) is 2.91. The molecule has 0 bridgehead atoms. The molecule has 194 valence electrons. The summed E-state index contributed by atoms with van der Waals surface area (Å²) in [4.78, 5) is 25.9. The van der Waals surface area contributed by atoms with Gasteiger partial charge in [0, 0.05) is 12.0 Å². The molecule has 0 fully saturated rings. The first-order valence-electron chi connectivity index (χ1n) is 13.1. The van der Waals surface area contributed by atoms with E-state index in [1.54, 1.807) is 12.1 Å². The van der Waals surface area contributed by atoms with Crippen molar-refractivity contribution in [3.63, 3.8) is 0 Å². The van der Waals surface area contributed by atoms with E-state index in [4.69, 9.17) is 4.74 Å². The zero-order valence-corrected chi connectivity index (χ0v) is 22.2. The van der Waals surface area contributed by atoms with Crippen LogP contribution >= 0.6 is 0 Å². The van der Waals surface area contributed by atoms with E-state index in [1.165, 1.54) is 18.4 Å². The van der Waals surface area contributed by atoms with Crippen molar-refractivity contribution in [2.45, 2.75) is 59.3 Å². The van der Waals surface area contributed by atoms with Crippen molar-refractivity contribution in [2.24, 2.45) is 15.9 Å². The van der Waals surface area contributed by atoms with Gasteiger partial charge in [0.05, 0.1) is 12.3 Å². The number of anilines is 1. The van der Waals surface area contributed by atoms with Crippen LogP contribution in [0, 0.1) is 5.92 Å². The van der Waals surface area contributed by atoms with E-state index in [0.29, 0.717) is 36.3 Å². The molecule has 6 heteroatoms. The number of pyridine rings is 1. The maximum absolute atomic E-state index is 12.6. The lowest BCUT2D eigenvalue weighted by Gasteiger charge is -2.12. The standard InChI is InChI=1S/C31H38N4O2/c1-5-37-28-19-10-9-18-26(28)24(3)33-31-27(32-4)21-22-29(35-31)34-30(36)20-12-14-23(2)13-11-17-25-15-7-6-8-16-25/h6-10,15-16,18-19,21-23H,4-5,11-14,17,20H2,1-3H3,(H,34,35,36). The Labute approximate surface area is 220 Å². The van der Waals surface area contributed by atoms with Crippen LogP contribution in [0.5, 0.6) is 5.75 Å². The van der Waals surface area contributed by atoms with E-state index in [1.807, 2.05) is 38.1 Å². The van der Waals surface area contributed by atoms with Crippen LogP contribution in [0.4, 0.5) is 17.3 Å². The molecule has 0 aliphatic rings. The number of nitrogens with one attached hydrogen (secondary N) is 1. The summed E-state index contributed by atoms with van der Waals surface area (Å²) in [5.74, 6) is 2.17. The van der Waals surface area contributed by atoms with E-state index in [9.17, 15) is 4.79 Å². The Balaban J connectivity index is 1.53. The van der Waals surface area contributed by atoms with Crippen LogP contribution in [-0.4, -0.2) is 29.9 Å². The summed E-state index contributed by atoms with van der Waals surface area (Å²) in [6.07, 6.45) is 5.79. The molecular weight excluding hydrogens is 460 g/mol. The number of carbonyl (C=O) groups is 1. The van der Waals surface area contributed by atoms with Crippen LogP contribution in [0.2, 0.25) is 0 Å². The lowest BCUT2D eigenvalue weighted by Crippen LogP contribution is -2.12. The van der Waals surface area contributed by atoms with E-state index in [0.717, 1.165) is 36.3 Å². The van der Waals surface area contributed by atoms with Crippen LogP contribution < -0.4 is 10.1 Å². The van der Waals surface area contributed by atoms with Gasteiger partial charge in [-0.15, -0.1) is 0 Å². The van der Waals surface area contributed by atoms with Gasteiger partial charge in [-0.1, -0.05) is 62.2 Å². The summed E-state index contributed by atoms with van der Waals surface area (Å²) in [5.41, 5.74) is 3.56. The molecule has 1 atom stereocenters. The fraction of sp³-hybridized carbons (Fsp3) is 0.355. The third-order valence-corrected chi connectivity index (χ3v) is 6.25. The Morgan fingerprint density at radius 3 is 2.51 bits per heavy atom. The number of aliphatic imine (C=N–C) groups is 2. The average molecular weight is 499 g/mol. The number of para-hydroxylation sites is 1. The topological polar surface area (TPSA) is 75.9 Å². The molecule has 1 aromatic heterocycles. The Bertz CT molecular complexity index is 1190. The van der Waals surface area contributed by atoms with Crippen molar-refractivity contribution in [3.05, 3.63) is 77.9 Å². The van der Waals surface area contributed by atoms with Crippen LogP contribution in [0.15, 0.2) is 76.7 Å². The molecule has 1 unspecified atom stereocenters. The second-order valence-electron chi connectivity index (χ2n) is 9.25. The van der Waals surface area contributed by atoms with Gasteiger partial charge in [0.2, 0.25) is 5.91 Å². The highest BCUT2D eigenvalue weighted by Crippen LogP contribution is 2.29. The summed E-state index contributed by atoms with van der Waals surface area (Å²) in [6, 6.07) is 21.8. The number of aromatic nitrogens is 1. The molecule has 1 amide bonds. The zero-order valence-electron chi connectivity index (χ0n) is 22.2. The Morgan fingerprint density at radius 2 is 1.76 bits per heavy atom. The number of hydrogen-bond donors (Lipinski definition) is 1. The number of carbonyl (C=O) groups excluding carboxylic acids is 1. The van der Waals surface area contributed by atoms with Crippen molar-refractivity contribution >= 4 is 35.7 Å². The van der Waals surface area contributed by atoms with Gasteiger partial charge < -0.3 is 10.1 Å². The van der Waals surface area contributed by atoms with E-state index < -0.39 is 0 Å². The second-order valence-corrected chi connectivity index (χ2v) is 9.25. The Kier molecular flexibility index (Phi) is 11.0. The first-order chi connectivity index (χ1) is 18.0. The maximum Gasteiger partial charge on any atom is 0.225 e. The van der Waals surface area contributed by atoms with E-state index >= 15 is 0 Å². The quantitative estimate of drug-likeness (QED) is 0.231. The summed E-state index contributed by atoms with van der Waals surface area (Å²) >= 11 is 0. The van der Waals surface area contributed by atoms with Gasteiger partial charge in [-0.2, -0.15) is 0 Å². The molecule has 1 N–H and O–H groups in total. The molecule has 0 radical (unpaired) electrons. The minimum Gasteiger partial charge on any atom is -0.493 e. The highest BCUT2D eigenvalue weighted by molar-refractivity contribution is 6.03. The molecule has 0 saturated carbocycles. The molecule has 1 heterocycles. The van der Waals surface area contributed by atoms with E-state index in [-0.39, 0.29) is 5.91 Å². The van der Waals surface area contributed by atoms with Crippen molar-refractivity contribution in [2.75, 3.05) is 11.9 Å². The highest BCUT2D eigenvalue weighted by Gasteiger charge is 2.11. The van der Waals surface area contributed by atoms with Crippen molar-refractivity contribution in [1.82, 2.24) is 4.98 Å². The smallest absolute Gasteiger partial charge is 0.225 e. The van der Waals surface area contributed by atoms with E-state index in [2.05, 4.69) is 64.3 Å². The molecular formula is C31H38N4O2. The average Bonchev–Trinajstić information content (AvgIpc) is 2.90. The number of ether oxygens (including phenoxy) is 1. The van der Waals surface area contributed by atoms with Crippen LogP contribution in [0.25, 0.3) is 0 Å². The third kappa shape index (κ3) is 8.98. The zero-order chi connectivity index (χ0) is 26.5. The predicted molar refractivity (Wildman–Crippen MR) is 154 cm³/mol. The molecule has 2 aromatic carbocycles. The fourth-order valence-electron chi connectivity index (χ4n) is 4.24. The van der Waals surface area contributed by atoms with Crippen molar-refractivity contribution in [1.29, 1.82) is 0 Å². The molecule has 0 aliphatic heterocycles. The Hall–Kier alpha value is -3.80. The summed E-state index contributed by atoms with van der Waals surface area (Å²) in [6.45, 7) is 10.3. The van der Waals surface area contributed by atoms with Gasteiger partial charge in [0.1, 0.15) is 17.3 Å². The van der Waals surface area contributed by atoms with Crippen molar-refractivity contribution < 1.29 is 9.53 Å². The molecule has 0 saturated heterocycles. The second kappa shape index (κ2) is 14.7. The number of rotatable bonds is 14. The van der Waals surface area contributed by atoms with Crippen LogP contribution in [0.3, 0.4) is 0 Å². The molecule has 3 rings (SSSR count). The maximum atomic E-state index is 12.6. The largest absolute Gasteiger partial charge is 0.493 e. The van der Waals surface area contributed by atoms with Gasteiger partial charge in [-0.25, -0.2) is 9.98 Å². The first kappa shape index (κ1) is 27.8. The predicted octanol–water partition coefficient (Wildman–Crippen LogP) is 7.72. The molecule has 3 aromatic rings. The highest BCUT2D eigenvalue weighted by atomic mass is 16.5. The minimum absolute atomic E-state index is 0.0448. The minimum atomic E-state index is -0.0448. The lowest BCUT2D eigenvalue weighted by molar-refractivity contribution is -0.116. The normalized spacial score (nSPS) is 12.1. The molecule has 0 aliphatic carbocycles.